The maximum atomic E-state index is 13.4. The number of rotatable bonds is 10. The summed E-state index contributed by atoms with van der Waals surface area (Å²) in [4.78, 5) is 12.6. The average Bonchev–Trinajstić information content (AvgIpc) is 2.92. The second-order valence-corrected chi connectivity index (χ2v) is 8.89. The topological polar surface area (TPSA) is 69.2 Å². The normalized spacial score (nSPS) is 10.8. The van der Waals surface area contributed by atoms with Gasteiger partial charge in [0, 0.05) is 5.56 Å². The molecule has 0 spiro atoms. The van der Waals surface area contributed by atoms with Gasteiger partial charge in [0.25, 0.3) is 5.91 Å². The smallest absolute Gasteiger partial charge is 0.271 e. The molecule has 4 aromatic carbocycles. The van der Waals surface area contributed by atoms with Gasteiger partial charge in [-0.2, -0.15) is 5.10 Å². The van der Waals surface area contributed by atoms with Gasteiger partial charge >= 0.3 is 0 Å². The summed E-state index contributed by atoms with van der Waals surface area (Å²) < 4.78 is 30.3. The van der Waals surface area contributed by atoms with Crippen LogP contribution in [0.3, 0.4) is 0 Å². The molecule has 0 aliphatic carbocycles. The molecule has 0 heterocycles. The van der Waals surface area contributed by atoms with Gasteiger partial charge < -0.3 is 14.2 Å². The molecule has 0 saturated carbocycles. The molecule has 194 valence electrons. The summed E-state index contributed by atoms with van der Waals surface area (Å²) >= 11 is 12.6. The molecule has 4 rings (SSSR count). The Kier molecular flexibility index (Phi) is 9.19. The largest absolute Gasteiger partial charge is 0.493 e. The second-order valence-electron chi connectivity index (χ2n) is 8.07. The molecule has 6 nitrogen and oxygen atoms in total. The number of carbonyl (C=O) groups excluding carboxylic acids is 1. The number of nitrogens with one attached hydrogen (secondary N) is 1. The molecule has 0 unspecified atom stereocenters. The zero-order valence-electron chi connectivity index (χ0n) is 20.3. The molecule has 0 aliphatic heterocycles. The van der Waals surface area contributed by atoms with E-state index in [2.05, 4.69) is 10.5 Å². The Labute approximate surface area is 229 Å². The highest BCUT2D eigenvalue weighted by Gasteiger charge is 2.12. The second kappa shape index (κ2) is 12.9. The number of hydrogen-bond acceptors (Lipinski definition) is 5. The van der Waals surface area contributed by atoms with Crippen LogP contribution in [0.5, 0.6) is 17.2 Å². The van der Waals surface area contributed by atoms with Crippen LogP contribution in [0.15, 0.2) is 90.0 Å². The monoisotopic (exact) mass is 552 g/mol. The molecule has 9 heteroatoms. The summed E-state index contributed by atoms with van der Waals surface area (Å²) in [5.74, 6) is 0.398. The van der Waals surface area contributed by atoms with E-state index in [1.807, 2.05) is 30.3 Å². The highest BCUT2D eigenvalue weighted by Crippen LogP contribution is 2.34. The van der Waals surface area contributed by atoms with Crippen LogP contribution in [-0.4, -0.2) is 19.2 Å². The van der Waals surface area contributed by atoms with Gasteiger partial charge in [0.05, 0.1) is 23.4 Å². The minimum absolute atomic E-state index is 0.0975. The van der Waals surface area contributed by atoms with Gasteiger partial charge in [-0.05, 0) is 59.2 Å². The van der Waals surface area contributed by atoms with E-state index >= 15 is 0 Å². The third kappa shape index (κ3) is 7.25. The number of methoxy groups -OCH3 is 1. The van der Waals surface area contributed by atoms with Crippen LogP contribution >= 0.6 is 23.2 Å². The number of ether oxygens (including phenoxy) is 3. The predicted molar refractivity (Wildman–Crippen MR) is 146 cm³/mol. The number of hydrazone groups is 1. The molecule has 0 radical (unpaired) electrons. The Morgan fingerprint density at radius 2 is 1.58 bits per heavy atom. The number of halogens is 3. The molecule has 1 N–H and O–H groups in total. The number of carbonyl (C=O) groups is 1. The van der Waals surface area contributed by atoms with Crippen molar-refractivity contribution in [3.05, 3.63) is 123 Å². The van der Waals surface area contributed by atoms with Crippen LogP contribution in [0.25, 0.3) is 0 Å². The number of hydrogen-bond donors (Lipinski definition) is 1. The molecule has 0 fully saturated rings. The minimum Gasteiger partial charge on any atom is -0.493 e. The fourth-order valence-corrected chi connectivity index (χ4v) is 4.08. The summed E-state index contributed by atoms with van der Waals surface area (Å²) in [5.41, 5.74) is 4.99. The van der Waals surface area contributed by atoms with Gasteiger partial charge in [-0.3, -0.25) is 4.79 Å². The van der Waals surface area contributed by atoms with Gasteiger partial charge in [-0.15, -0.1) is 0 Å². The average molecular weight is 553 g/mol. The lowest BCUT2D eigenvalue weighted by Crippen LogP contribution is -2.17. The van der Waals surface area contributed by atoms with E-state index in [1.54, 1.807) is 42.5 Å². The Morgan fingerprint density at radius 3 is 2.29 bits per heavy atom. The van der Waals surface area contributed by atoms with Crippen molar-refractivity contribution in [1.29, 1.82) is 0 Å². The first-order valence-electron chi connectivity index (χ1n) is 11.5. The van der Waals surface area contributed by atoms with Gasteiger partial charge in [-0.25, -0.2) is 9.82 Å². The van der Waals surface area contributed by atoms with Crippen molar-refractivity contribution in [2.45, 2.75) is 13.2 Å². The summed E-state index contributed by atoms with van der Waals surface area (Å²) in [5, 5.41) is 4.49. The van der Waals surface area contributed by atoms with Crippen molar-refractivity contribution < 1.29 is 23.4 Å². The fourth-order valence-electron chi connectivity index (χ4n) is 3.47. The van der Waals surface area contributed by atoms with E-state index in [-0.39, 0.29) is 28.2 Å². The van der Waals surface area contributed by atoms with E-state index in [4.69, 9.17) is 37.4 Å². The lowest BCUT2D eigenvalue weighted by atomic mass is 10.2. The third-order valence-corrected chi connectivity index (χ3v) is 5.90. The molecular formula is C29H23Cl2FN2O4. The lowest BCUT2D eigenvalue weighted by Gasteiger charge is -2.12. The molecule has 1 amide bonds. The van der Waals surface area contributed by atoms with Crippen LogP contribution < -0.4 is 19.6 Å². The van der Waals surface area contributed by atoms with Gasteiger partial charge in [0.2, 0.25) is 0 Å². The van der Waals surface area contributed by atoms with Crippen LogP contribution in [0.2, 0.25) is 10.0 Å². The van der Waals surface area contributed by atoms with Crippen molar-refractivity contribution in [2.24, 2.45) is 5.10 Å². The van der Waals surface area contributed by atoms with Crippen LogP contribution in [0.1, 0.15) is 27.0 Å². The van der Waals surface area contributed by atoms with Crippen molar-refractivity contribution in [2.75, 3.05) is 7.11 Å². The first-order valence-corrected chi connectivity index (χ1v) is 12.2. The highest BCUT2D eigenvalue weighted by atomic mass is 35.5. The predicted octanol–water partition coefficient (Wildman–Crippen LogP) is 7.06. The lowest BCUT2D eigenvalue weighted by molar-refractivity contribution is 0.0954. The minimum atomic E-state index is -0.443. The van der Waals surface area contributed by atoms with E-state index in [0.717, 1.165) is 5.56 Å². The van der Waals surface area contributed by atoms with Crippen LogP contribution in [-0.2, 0) is 13.2 Å². The molecule has 0 aromatic heterocycles. The standard InChI is InChI=1S/C29H23Cl2FN2O4/c1-36-27-15-22(10-11-26(27)37-17-19-6-3-2-4-7-19)29(35)34-33-16-21-13-24(30)28(25(31)14-21)38-18-20-8-5-9-23(32)12-20/h2-16H,17-18H2,1H3,(H,34,35)/b33-16+. The summed E-state index contributed by atoms with van der Waals surface area (Å²) in [6.45, 7) is 0.465. The molecule has 0 bridgehead atoms. The molecule has 38 heavy (non-hydrogen) atoms. The van der Waals surface area contributed by atoms with Gasteiger partial charge in [0.1, 0.15) is 19.0 Å². The molecule has 4 aromatic rings. The maximum absolute atomic E-state index is 13.4. The molecule has 0 aliphatic rings. The van der Waals surface area contributed by atoms with Gasteiger partial charge in [0.15, 0.2) is 17.2 Å². The fraction of sp³-hybridized carbons (Fsp3) is 0.103. The number of amides is 1. The molecular weight excluding hydrogens is 530 g/mol. The van der Waals surface area contributed by atoms with Crippen LogP contribution in [0.4, 0.5) is 4.39 Å². The zero-order chi connectivity index (χ0) is 26.9. The van der Waals surface area contributed by atoms with Crippen molar-refractivity contribution >= 4 is 35.3 Å². The van der Waals surface area contributed by atoms with Gasteiger partial charge in [-0.1, -0.05) is 65.7 Å². The van der Waals surface area contributed by atoms with E-state index in [9.17, 15) is 9.18 Å². The summed E-state index contributed by atoms with van der Waals surface area (Å²) in [6, 6.07) is 23.8. The van der Waals surface area contributed by atoms with Crippen molar-refractivity contribution in [3.8, 4) is 17.2 Å². The molecule has 0 saturated heterocycles. The van der Waals surface area contributed by atoms with Crippen LogP contribution in [0, 0.1) is 5.82 Å². The van der Waals surface area contributed by atoms with Crippen molar-refractivity contribution in [1.82, 2.24) is 5.43 Å². The van der Waals surface area contributed by atoms with E-state index < -0.39 is 5.91 Å². The van der Waals surface area contributed by atoms with E-state index in [0.29, 0.717) is 34.8 Å². The Balaban J connectivity index is 1.36. The Morgan fingerprint density at radius 1 is 0.868 bits per heavy atom. The first-order chi connectivity index (χ1) is 18.4. The SMILES string of the molecule is COc1cc(C(=O)N/N=C/c2cc(Cl)c(OCc3cccc(F)c3)c(Cl)c2)ccc1OCc1ccccc1. The number of nitrogens with zero attached hydrogens (tertiary/aromatic N) is 1. The Bertz CT molecular complexity index is 1420. The highest BCUT2D eigenvalue weighted by molar-refractivity contribution is 6.37. The number of benzene rings is 4. The van der Waals surface area contributed by atoms with Crippen molar-refractivity contribution in [3.63, 3.8) is 0 Å². The maximum Gasteiger partial charge on any atom is 0.271 e. The zero-order valence-corrected chi connectivity index (χ0v) is 21.8. The summed E-state index contributed by atoms with van der Waals surface area (Å²) in [6.07, 6.45) is 1.40. The summed E-state index contributed by atoms with van der Waals surface area (Å²) in [7, 11) is 1.50. The third-order valence-electron chi connectivity index (χ3n) is 5.34. The Hall–Kier alpha value is -4.07. The molecule has 0 atom stereocenters. The quantitative estimate of drug-likeness (QED) is 0.169. The first kappa shape index (κ1) is 27.0. The van der Waals surface area contributed by atoms with E-state index in [1.165, 1.54) is 25.5 Å².